The molecule has 2 aromatic carbocycles. The molecule has 1 amide bonds. The Hall–Kier alpha value is -1.85. The van der Waals surface area contributed by atoms with Gasteiger partial charge in [0.05, 0.1) is 0 Å². The highest BCUT2D eigenvalue weighted by Gasteiger charge is 2.22. The Morgan fingerprint density at radius 2 is 1.96 bits per heavy atom. The fraction of sp³-hybridized carbons (Fsp3) is 0.381. The predicted molar refractivity (Wildman–Crippen MR) is 105 cm³/mol. The van der Waals surface area contributed by atoms with Crippen LogP contribution in [0.1, 0.15) is 30.1 Å². The topological polar surface area (TPSA) is 41.1 Å². The third kappa shape index (κ3) is 5.58. The Bertz CT molecular complexity index is 687. The van der Waals surface area contributed by atoms with E-state index < -0.39 is 0 Å². The van der Waals surface area contributed by atoms with E-state index in [0.29, 0.717) is 12.5 Å². The minimum Gasteiger partial charge on any atom is -0.355 e. The summed E-state index contributed by atoms with van der Waals surface area (Å²) in [5.74, 6) is 0.384. The molecule has 2 N–H and O–H groups in total. The summed E-state index contributed by atoms with van der Waals surface area (Å²) in [7, 11) is 0. The number of benzene rings is 2. The molecule has 2 unspecified atom stereocenters. The van der Waals surface area contributed by atoms with Crippen LogP contribution in [0.3, 0.4) is 0 Å². The van der Waals surface area contributed by atoms with Crippen LogP contribution in [0.15, 0.2) is 59.5 Å². The van der Waals surface area contributed by atoms with E-state index in [2.05, 4.69) is 10.6 Å². The summed E-state index contributed by atoms with van der Waals surface area (Å²) in [4.78, 5) is 13.7. The third-order valence-corrected chi connectivity index (χ3v) is 5.93. The van der Waals surface area contributed by atoms with Gasteiger partial charge in [-0.3, -0.25) is 4.79 Å². The molecule has 0 aliphatic carbocycles. The van der Waals surface area contributed by atoms with Crippen molar-refractivity contribution in [3.05, 3.63) is 66.0 Å². The Labute approximate surface area is 158 Å². The van der Waals surface area contributed by atoms with Crippen molar-refractivity contribution in [3.8, 4) is 0 Å². The largest absolute Gasteiger partial charge is 0.355 e. The Balaban J connectivity index is 1.62. The normalized spacial score (nSPS) is 18.3. The molecule has 1 aliphatic heterocycles. The fourth-order valence-electron chi connectivity index (χ4n) is 3.21. The molecule has 2 atom stereocenters. The molecule has 1 aliphatic rings. The maximum atomic E-state index is 13.2. The summed E-state index contributed by atoms with van der Waals surface area (Å²) in [5, 5.41) is 6.17. The molecule has 138 valence electrons. The van der Waals surface area contributed by atoms with Gasteiger partial charge in [-0.1, -0.05) is 30.3 Å². The molecule has 0 aromatic heterocycles. The van der Waals surface area contributed by atoms with E-state index in [0.717, 1.165) is 30.0 Å². The number of hydrogen-bond donors (Lipinski definition) is 2. The van der Waals surface area contributed by atoms with E-state index in [1.807, 2.05) is 30.3 Å². The van der Waals surface area contributed by atoms with Crippen LogP contribution in [0.5, 0.6) is 0 Å². The maximum Gasteiger partial charge on any atom is 0.237 e. The lowest BCUT2D eigenvalue weighted by Crippen LogP contribution is -2.34. The molecule has 3 rings (SSSR count). The predicted octanol–water partition coefficient (Wildman–Crippen LogP) is 4.17. The summed E-state index contributed by atoms with van der Waals surface area (Å²) in [6, 6.07) is 16.0. The van der Waals surface area contributed by atoms with Crippen molar-refractivity contribution in [1.29, 1.82) is 0 Å². The number of piperidine rings is 1. The molecule has 1 fully saturated rings. The lowest BCUT2D eigenvalue weighted by Gasteiger charge is -2.23. The standard InChI is InChI=1S/C21H25FN2OS/c22-18-8-10-19(11-9-18)26-20(17-6-2-1-3-7-17)21(25)24-14-12-16-5-4-13-23-15-16/h1-3,6-11,16,20,23H,4-5,12-15H2,(H,24,25). The monoisotopic (exact) mass is 372 g/mol. The first-order chi connectivity index (χ1) is 12.7. The number of rotatable bonds is 7. The highest BCUT2D eigenvalue weighted by atomic mass is 32.2. The molecule has 0 bridgehead atoms. The van der Waals surface area contributed by atoms with E-state index in [1.54, 1.807) is 12.1 Å². The van der Waals surface area contributed by atoms with Crippen LogP contribution in [0.4, 0.5) is 4.39 Å². The summed E-state index contributed by atoms with van der Waals surface area (Å²) < 4.78 is 13.2. The zero-order valence-corrected chi connectivity index (χ0v) is 15.6. The molecule has 1 saturated heterocycles. The van der Waals surface area contributed by atoms with Crippen molar-refractivity contribution in [2.75, 3.05) is 19.6 Å². The number of thioether (sulfide) groups is 1. The molecule has 5 heteroatoms. The summed E-state index contributed by atoms with van der Waals surface area (Å²) >= 11 is 1.45. The Morgan fingerprint density at radius 3 is 2.65 bits per heavy atom. The zero-order chi connectivity index (χ0) is 18.2. The minimum atomic E-state index is -0.342. The van der Waals surface area contributed by atoms with Crippen molar-refractivity contribution >= 4 is 17.7 Å². The van der Waals surface area contributed by atoms with Gasteiger partial charge >= 0.3 is 0 Å². The number of halogens is 1. The van der Waals surface area contributed by atoms with Gasteiger partial charge in [0.15, 0.2) is 0 Å². The molecule has 26 heavy (non-hydrogen) atoms. The van der Waals surface area contributed by atoms with Gasteiger partial charge in [0.2, 0.25) is 5.91 Å². The van der Waals surface area contributed by atoms with Gasteiger partial charge in [-0.25, -0.2) is 4.39 Å². The fourth-order valence-corrected chi connectivity index (χ4v) is 4.26. The molecule has 3 nitrogen and oxygen atoms in total. The van der Waals surface area contributed by atoms with Crippen molar-refractivity contribution in [3.63, 3.8) is 0 Å². The average Bonchev–Trinajstić information content (AvgIpc) is 2.69. The first kappa shape index (κ1) is 18.9. The number of hydrogen-bond acceptors (Lipinski definition) is 3. The van der Waals surface area contributed by atoms with E-state index in [9.17, 15) is 9.18 Å². The number of carbonyl (C=O) groups is 1. The van der Waals surface area contributed by atoms with Crippen molar-refractivity contribution in [1.82, 2.24) is 10.6 Å². The lowest BCUT2D eigenvalue weighted by atomic mass is 9.96. The lowest BCUT2D eigenvalue weighted by molar-refractivity contribution is -0.120. The van der Waals surface area contributed by atoms with Gasteiger partial charge in [0.25, 0.3) is 0 Å². The van der Waals surface area contributed by atoms with Crippen LogP contribution in [-0.4, -0.2) is 25.5 Å². The van der Waals surface area contributed by atoms with Crippen molar-refractivity contribution in [2.24, 2.45) is 5.92 Å². The van der Waals surface area contributed by atoms with Gasteiger partial charge < -0.3 is 10.6 Å². The van der Waals surface area contributed by atoms with Gasteiger partial charge in [-0.15, -0.1) is 11.8 Å². The van der Waals surface area contributed by atoms with E-state index in [4.69, 9.17) is 0 Å². The first-order valence-electron chi connectivity index (χ1n) is 9.18. The number of carbonyl (C=O) groups excluding carboxylic acids is 1. The molecular weight excluding hydrogens is 347 g/mol. The molecule has 1 heterocycles. The van der Waals surface area contributed by atoms with Gasteiger partial charge in [-0.05, 0) is 68.1 Å². The quantitative estimate of drug-likeness (QED) is 0.717. The smallest absolute Gasteiger partial charge is 0.237 e. The first-order valence-corrected chi connectivity index (χ1v) is 10.1. The molecule has 0 radical (unpaired) electrons. The van der Waals surface area contributed by atoms with Crippen molar-refractivity contribution < 1.29 is 9.18 Å². The second-order valence-electron chi connectivity index (χ2n) is 6.65. The van der Waals surface area contributed by atoms with Crippen molar-refractivity contribution in [2.45, 2.75) is 29.4 Å². The zero-order valence-electron chi connectivity index (χ0n) is 14.8. The Morgan fingerprint density at radius 1 is 1.19 bits per heavy atom. The van der Waals surface area contributed by atoms with Crippen LogP contribution < -0.4 is 10.6 Å². The van der Waals surface area contributed by atoms with Crippen LogP contribution in [0.25, 0.3) is 0 Å². The van der Waals surface area contributed by atoms with Crippen LogP contribution >= 0.6 is 11.8 Å². The summed E-state index contributed by atoms with van der Waals surface area (Å²) in [6.45, 7) is 2.84. The van der Waals surface area contributed by atoms with Gasteiger partial charge in [0.1, 0.15) is 11.1 Å². The average molecular weight is 373 g/mol. The maximum absolute atomic E-state index is 13.2. The highest BCUT2D eigenvalue weighted by Crippen LogP contribution is 2.35. The number of amides is 1. The SMILES string of the molecule is O=C(NCCC1CCCNC1)C(Sc1ccc(F)cc1)c1ccccc1. The summed E-state index contributed by atoms with van der Waals surface area (Å²) in [5.41, 5.74) is 0.957. The summed E-state index contributed by atoms with van der Waals surface area (Å²) in [6.07, 6.45) is 3.45. The molecular formula is C21H25FN2OS. The van der Waals surface area contributed by atoms with Gasteiger partial charge in [0, 0.05) is 11.4 Å². The third-order valence-electron chi connectivity index (χ3n) is 4.66. The molecule has 0 spiro atoms. The minimum absolute atomic E-state index is 0.00861. The number of nitrogens with one attached hydrogen (secondary N) is 2. The van der Waals surface area contributed by atoms with E-state index in [-0.39, 0.29) is 17.0 Å². The second-order valence-corrected chi connectivity index (χ2v) is 7.83. The molecule has 2 aromatic rings. The highest BCUT2D eigenvalue weighted by molar-refractivity contribution is 8.00. The Kier molecular flexibility index (Phi) is 7.09. The second kappa shape index (κ2) is 9.74. The van der Waals surface area contributed by atoms with Gasteiger partial charge in [-0.2, -0.15) is 0 Å². The van der Waals surface area contributed by atoms with E-state index >= 15 is 0 Å². The van der Waals surface area contributed by atoms with Crippen LogP contribution in [0, 0.1) is 11.7 Å². The van der Waals surface area contributed by atoms with Crippen LogP contribution in [-0.2, 0) is 4.79 Å². The van der Waals surface area contributed by atoms with E-state index in [1.165, 1.54) is 36.7 Å². The van der Waals surface area contributed by atoms with Crippen LogP contribution in [0.2, 0.25) is 0 Å². The molecule has 0 saturated carbocycles.